The number of aliphatic imine (C=N–C) groups is 1. The maximum Gasteiger partial charge on any atom is 0.205 e. The lowest BCUT2D eigenvalue weighted by molar-refractivity contribution is 0.270. The number of hydrogen-bond donors (Lipinski definition) is 3. The maximum atomic E-state index is 5.45. The molecule has 0 bridgehead atoms. The summed E-state index contributed by atoms with van der Waals surface area (Å²) in [6, 6.07) is 0. The van der Waals surface area contributed by atoms with E-state index in [1.54, 1.807) is 0 Å². The monoisotopic (exact) mass is 254 g/mol. The number of guanidine groups is 1. The lowest BCUT2D eigenvalue weighted by Crippen LogP contribution is -2.42. The van der Waals surface area contributed by atoms with Crippen LogP contribution in [0.5, 0.6) is 0 Å². The molecule has 106 valence electrons. The quantitative estimate of drug-likeness (QED) is 0.224. The topological polar surface area (TPSA) is 62.4 Å². The van der Waals surface area contributed by atoms with Gasteiger partial charge in [0, 0.05) is 13.1 Å². The molecular formula is C14H30N4. The first-order valence-corrected chi connectivity index (χ1v) is 7.51. The Morgan fingerprint density at radius 1 is 1.39 bits per heavy atom. The number of unbranched alkanes of at least 4 members (excludes halogenated alkanes) is 1. The molecule has 0 saturated heterocycles. The molecule has 0 spiro atoms. The molecule has 4 heteroatoms. The normalized spacial score (nSPS) is 24.9. The van der Waals surface area contributed by atoms with Crippen LogP contribution in [0.25, 0.3) is 0 Å². The zero-order valence-corrected chi connectivity index (χ0v) is 12.0. The van der Waals surface area contributed by atoms with Crippen LogP contribution in [0.1, 0.15) is 58.8 Å². The van der Waals surface area contributed by atoms with Crippen LogP contribution >= 0.6 is 0 Å². The number of nitrogens with one attached hydrogen (secondary N) is 2. The predicted molar refractivity (Wildman–Crippen MR) is 78.3 cm³/mol. The van der Waals surface area contributed by atoms with Crippen molar-refractivity contribution in [1.82, 2.24) is 10.7 Å². The van der Waals surface area contributed by atoms with Gasteiger partial charge in [-0.1, -0.05) is 39.5 Å². The first-order valence-electron chi connectivity index (χ1n) is 7.51. The predicted octanol–water partition coefficient (Wildman–Crippen LogP) is 2.41. The van der Waals surface area contributed by atoms with Gasteiger partial charge in [-0.25, -0.2) is 5.84 Å². The van der Waals surface area contributed by atoms with E-state index in [1.165, 1.54) is 38.5 Å². The number of nitrogens with zero attached hydrogens (tertiary/aromatic N) is 1. The number of rotatable bonds is 6. The lowest BCUT2D eigenvalue weighted by Gasteiger charge is -2.26. The minimum Gasteiger partial charge on any atom is -0.355 e. The first-order chi connectivity index (χ1) is 8.76. The maximum absolute atomic E-state index is 5.45. The fraction of sp³-hybridized carbons (Fsp3) is 0.929. The molecule has 0 radical (unpaired) electrons. The molecule has 1 rings (SSSR count). The molecule has 1 fully saturated rings. The van der Waals surface area contributed by atoms with Crippen molar-refractivity contribution in [2.24, 2.45) is 22.7 Å². The highest BCUT2D eigenvalue weighted by molar-refractivity contribution is 5.79. The van der Waals surface area contributed by atoms with Crippen molar-refractivity contribution >= 4 is 5.96 Å². The van der Waals surface area contributed by atoms with E-state index in [4.69, 9.17) is 5.84 Å². The van der Waals surface area contributed by atoms with Crippen LogP contribution < -0.4 is 16.6 Å². The van der Waals surface area contributed by atoms with E-state index in [0.29, 0.717) is 0 Å². The van der Waals surface area contributed by atoms with Gasteiger partial charge >= 0.3 is 0 Å². The van der Waals surface area contributed by atoms with Gasteiger partial charge in [0.2, 0.25) is 5.96 Å². The Labute approximate surface area is 112 Å². The van der Waals surface area contributed by atoms with Crippen LogP contribution in [-0.2, 0) is 0 Å². The standard InChI is InChI=1S/C14H30N4/c1-3-4-9-16-14(18-15)17-10-8-13-7-5-6-12(2)11-13/h12-13H,3-11,15H2,1-2H3,(H2,16,17,18). The van der Waals surface area contributed by atoms with Gasteiger partial charge in [0.05, 0.1) is 0 Å². The second kappa shape index (κ2) is 9.20. The third-order valence-electron chi connectivity index (χ3n) is 3.81. The molecule has 0 amide bonds. The Morgan fingerprint density at radius 2 is 2.22 bits per heavy atom. The average Bonchev–Trinajstić information content (AvgIpc) is 2.37. The molecule has 0 aromatic heterocycles. The molecule has 4 N–H and O–H groups in total. The average molecular weight is 254 g/mol. The van der Waals surface area contributed by atoms with Crippen LogP contribution in [0.2, 0.25) is 0 Å². The van der Waals surface area contributed by atoms with Gasteiger partial charge in [0.1, 0.15) is 0 Å². The zero-order chi connectivity index (χ0) is 13.2. The molecule has 0 aliphatic heterocycles. The highest BCUT2D eigenvalue weighted by atomic mass is 15.3. The van der Waals surface area contributed by atoms with E-state index >= 15 is 0 Å². The molecule has 2 atom stereocenters. The Morgan fingerprint density at radius 3 is 2.89 bits per heavy atom. The lowest BCUT2D eigenvalue weighted by atomic mass is 9.81. The van der Waals surface area contributed by atoms with Crippen molar-refractivity contribution < 1.29 is 0 Å². The molecule has 18 heavy (non-hydrogen) atoms. The van der Waals surface area contributed by atoms with Crippen molar-refractivity contribution in [2.75, 3.05) is 13.1 Å². The van der Waals surface area contributed by atoms with Gasteiger partial charge in [-0.15, -0.1) is 0 Å². The second-order valence-corrected chi connectivity index (χ2v) is 5.58. The van der Waals surface area contributed by atoms with Crippen LogP contribution in [-0.4, -0.2) is 19.0 Å². The highest BCUT2D eigenvalue weighted by Crippen LogP contribution is 2.30. The van der Waals surface area contributed by atoms with Gasteiger partial charge < -0.3 is 5.32 Å². The minimum atomic E-state index is 0.743. The minimum absolute atomic E-state index is 0.743. The summed E-state index contributed by atoms with van der Waals surface area (Å²) in [7, 11) is 0. The van der Waals surface area contributed by atoms with Crippen LogP contribution in [0.3, 0.4) is 0 Å². The summed E-state index contributed by atoms with van der Waals surface area (Å²) in [6.45, 7) is 6.37. The number of nitrogens with two attached hydrogens (primary N) is 1. The van der Waals surface area contributed by atoms with E-state index in [1.807, 2.05) is 0 Å². The van der Waals surface area contributed by atoms with Crippen molar-refractivity contribution in [1.29, 1.82) is 0 Å². The van der Waals surface area contributed by atoms with Gasteiger partial charge in [0.25, 0.3) is 0 Å². The van der Waals surface area contributed by atoms with Crippen LogP contribution in [0.4, 0.5) is 0 Å². The highest BCUT2D eigenvalue weighted by Gasteiger charge is 2.18. The van der Waals surface area contributed by atoms with Crippen molar-refractivity contribution in [3.8, 4) is 0 Å². The summed E-state index contributed by atoms with van der Waals surface area (Å²) in [6.07, 6.45) is 9.12. The summed E-state index contributed by atoms with van der Waals surface area (Å²) < 4.78 is 0. The summed E-state index contributed by atoms with van der Waals surface area (Å²) in [5, 5.41) is 3.30. The zero-order valence-electron chi connectivity index (χ0n) is 12.0. The summed E-state index contributed by atoms with van der Waals surface area (Å²) in [4.78, 5) is 4.40. The Bertz CT molecular complexity index is 240. The second-order valence-electron chi connectivity index (χ2n) is 5.58. The van der Waals surface area contributed by atoms with Crippen molar-refractivity contribution in [3.05, 3.63) is 0 Å². The SMILES string of the molecule is CCCCN=C(NN)NCCC1CCCC(C)C1. The largest absolute Gasteiger partial charge is 0.355 e. The third kappa shape index (κ3) is 6.24. The summed E-state index contributed by atoms with van der Waals surface area (Å²) in [5.41, 5.74) is 2.65. The molecule has 1 aliphatic rings. The molecule has 0 heterocycles. The van der Waals surface area contributed by atoms with Gasteiger partial charge in [0.15, 0.2) is 0 Å². The van der Waals surface area contributed by atoms with Crippen LogP contribution in [0.15, 0.2) is 4.99 Å². The molecule has 0 aromatic rings. The van der Waals surface area contributed by atoms with Crippen LogP contribution in [0, 0.1) is 11.8 Å². The Kier molecular flexibility index (Phi) is 7.81. The van der Waals surface area contributed by atoms with E-state index in [0.717, 1.165) is 37.3 Å². The fourth-order valence-electron chi connectivity index (χ4n) is 2.72. The smallest absolute Gasteiger partial charge is 0.205 e. The van der Waals surface area contributed by atoms with Crippen molar-refractivity contribution in [3.63, 3.8) is 0 Å². The fourth-order valence-corrected chi connectivity index (χ4v) is 2.72. The summed E-state index contributed by atoms with van der Waals surface area (Å²) >= 11 is 0. The van der Waals surface area contributed by atoms with Gasteiger partial charge in [-0.2, -0.15) is 0 Å². The van der Waals surface area contributed by atoms with Crippen molar-refractivity contribution in [2.45, 2.75) is 58.8 Å². The molecule has 4 nitrogen and oxygen atoms in total. The Hall–Kier alpha value is -0.770. The Balaban J connectivity index is 2.16. The molecule has 2 unspecified atom stereocenters. The number of hydrogen-bond acceptors (Lipinski definition) is 2. The molecule has 1 aliphatic carbocycles. The number of hydrazine groups is 1. The van der Waals surface area contributed by atoms with E-state index in [2.05, 4.69) is 29.6 Å². The molecule has 1 saturated carbocycles. The van der Waals surface area contributed by atoms with Gasteiger partial charge in [-0.3, -0.25) is 10.4 Å². The van der Waals surface area contributed by atoms with E-state index < -0.39 is 0 Å². The summed E-state index contributed by atoms with van der Waals surface area (Å²) in [5.74, 6) is 7.99. The van der Waals surface area contributed by atoms with E-state index in [-0.39, 0.29) is 0 Å². The first kappa shape index (κ1) is 15.3. The van der Waals surface area contributed by atoms with Gasteiger partial charge in [-0.05, 0) is 31.1 Å². The van der Waals surface area contributed by atoms with E-state index in [9.17, 15) is 0 Å². The molecular weight excluding hydrogens is 224 g/mol. The molecule has 0 aromatic carbocycles. The third-order valence-corrected chi connectivity index (χ3v) is 3.81.